The van der Waals surface area contributed by atoms with Gasteiger partial charge in [-0.3, -0.25) is 19.6 Å². The van der Waals surface area contributed by atoms with E-state index >= 15 is 0 Å². The Labute approximate surface area is 168 Å². The van der Waals surface area contributed by atoms with Crippen LogP contribution >= 0.6 is 0 Å². The number of amides is 1. The first-order valence-electron chi connectivity index (χ1n) is 8.59. The monoisotopic (exact) mass is 416 g/mol. The number of aryl methyl sites for hydroxylation is 1. The Bertz CT molecular complexity index is 1070. The molecule has 0 aliphatic carbocycles. The molecule has 1 unspecified atom stereocenters. The van der Waals surface area contributed by atoms with Crippen molar-refractivity contribution in [3.63, 3.8) is 0 Å². The number of rotatable bonds is 7. The van der Waals surface area contributed by atoms with Crippen molar-refractivity contribution in [1.82, 2.24) is 4.90 Å². The van der Waals surface area contributed by atoms with Crippen molar-refractivity contribution in [3.05, 3.63) is 63.7 Å². The molecule has 9 nitrogen and oxygen atoms in total. The topological polar surface area (TPSA) is 133 Å². The van der Waals surface area contributed by atoms with E-state index in [0.717, 1.165) is 6.07 Å². The van der Waals surface area contributed by atoms with Gasteiger partial charge in [0, 0.05) is 36.0 Å². The molecule has 0 aliphatic heterocycles. The van der Waals surface area contributed by atoms with Crippen molar-refractivity contribution in [2.24, 2.45) is 0 Å². The van der Waals surface area contributed by atoms with E-state index in [1.54, 1.807) is 14.0 Å². The number of carbonyl (C=O) groups excluding carboxylic acids is 1. The third kappa shape index (κ3) is 5.08. The summed E-state index contributed by atoms with van der Waals surface area (Å²) in [6.07, 6.45) is 0.197. The summed E-state index contributed by atoms with van der Waals surface area (Å²) in [6, 6.07) is 11.2. The first kappa shape index (κ1) is 21.8. The van der Waals surface area contributed by atoms with E-state index in [9.17, 15) is 23.3 Å². The molecule has 0 saturated carbocycles. The van der Waals surface area contributed by atoms with Crippen LogP contribution in [0.5, 0.6) is 0 Å². The fourth-order valence-corrected chi connectivity index (χ4v) is 3.60. The molecule has 2 rings (SSSR count). The van der Waals surface area contributed by atoms with Crippen molar-refractivity contribution < 1.29 is 18.1 Å². The largest absolute Gasteiger partial charge is 0.338 e. The van der Waals surface area contributed by atoms with Gasteiger partial charge < -0.3 is 4.90 Å². The summed E-state index contributed by atoms with van der Waals surface area (Å²) in [5.41, 5.74) is 0.610. The van der Waals surface area contributed by atoms with Gasteiger partial charge in [-0.05, 0) is 44.2 Å². The lowest BCUT2D eigenvalue weighted by molar-refractivity contribution is -0.385. The van der Waals surface area contributed by atoms with Crippen molar-refractivity contribution >= 4 is 27.3 Å². The minimum atomic E-state index is -4.04. The Morgan fingerprint density at radius 3 is 2.45 bits per heavy atom. The molecule has 0 bridgehead atoms. The molecular weight excluding hydrogens is 396 g/mol. The van der Waals surface area contributed by atoms with E-state index < -0.39 is 14.9 Å². The van der Waals surface area contributed by atoms with Crippen molar-refractivity contribution in [2.45, 2.75) is 31.2 Å². The average Bonchev–Trinajstić information content (AvgIpc) is 2.67. The number of nitrogens with zero attached hydrogens (tertiary/aromatic N) is 3. The van der Waals surface area contributed by atoms with Crippen LogP contribution in [-0.4, -0.2) is 37.2 Å². The number of nitrogens with one attached hydrogen (secondary N) is 1. The van der Waals surface area contributed by atoms with Gasteiger partial charge in [-0.2, -0.15) is 5.26 Å². The molecule has 2 aromatic rings. The summed E-state index contributed by atoms with van der Waals surface area (Å²) in [7, 11) is -2.45. The number of anilines is 1. The molecule has 152 valence electrons. The number of nitro benzene ring substituents is 1. The third-order valence-electron chi connectivity index (χ3n) is 4.44. The highest BCUT2D eigenvalue weighted by atomic mass is 32.2. The van der Waals surface area contributed by atoms with E-state index in [4.69, 9.17) is 5.26 Å². The Morgan fingerprint density at radius 2 is 1.90 bits per heavy atom. The second-order valence-corrected chi connectivity index (χ2v) is 8.20. The van der Waals surface area contributed by atoms with Gasteiger partial charge in [0.25, 0.3) is 21.6 Å². The summed E-state index contributed by atoms with van der Waals surface area (Å²) in [6.45, 7) is 3.27. The van der Waals surface area contributed by atoms with Gasteiger partial charge in [0.1, 0.15) is 0 Å². The van der Waals surface area contributed by atoms with Crippen LogP contribution in [0.3, 0.4) is 0 Å². The predicted molar refractivity (Wildman–Crippen MR) is 107 cm³/mol. The first-order valence-corrected chi connectivity index (χ1v) is 10.1. The molecule has 0 spiro atoms. The lowest BCUT2D eigenvalue weighted by Gasteiger charge is -2.23. The maximum Gasteiger partial charge on any atom is 0.273 e. The zero-order valence-corrected chi connectivity index (χ0v) is 16.9. The first-order chi connectivity index (χ1) is 13.6. The highest BCUT2D eigenvalue weighted by Gasteiger charge is 2.21. The minimum absolute atomic E-state index is 0.197. The number of hydrogen-bond acceptors (Lipinski definition) is 6. The number of carbonyl (C=O) groups is 1. The smallest absolute Gasteiger partial charge is 0.273 e. The second-order valence-electron chi connectivity index (χ2n) is 6.52. The van der Waals surface area contributed by atoms with Gasteiger partial charge in [-0.1, -0.05) is 6.07 Å². The number of hydrogen-bond donors (Lipinski definition) is 1. The highest BCUT2D eigenvalue weighted by molar-refractivity contribution is 7.92. The van der Waals surface area contributed by atoms with Gasteiger partial charge >= 0.3 is 0 Å². The molecule has 0 saturated heterocycles. The van der Waals surface area contributed by atoms with E-state index in [0.29, 0.717) is 11.1 Å². The van der Waals surface area contributed by atoms with Crippen LogP contribution < -0.4 is 4.72 Å². The molecule has 29 heavy (non-hydrogen) atoms. The molecule has 0 radical (unpaired) electrons. The summed E-state index contributed by atoms with van der Waals surface area (Å²) in [5.74, 6) is -0.295. The molecule has 2 aromatic carbocycles. The van der Waals surface area contributed by atoms with Crippen LogP contribution in [0, 0.1) is 28.4 Å². The molecule has 1 atom stereocenters. The maximum atomic E-state index is 12.5. The van der Waals surface area contributed by atoms with Crippen LogP contribution in [0.2, 0.25) is 0 Å². The normalized spacial score (nSPS) is 11.9. The molecule has 0 aromatic heterocycles. The SMILES string of the molecule is Cc1ccc(S(=O)(=O)Nc2ccc(C(=O)N(C)C(C)CC#N)cc2)cc1[N+](=O)[O-]. The Hall–Kier alpha value is -3.45. The van der Waals surface area contributed by atoms with E-state index in [-0.39, 0.29) is 34.6 Å². The van der Waals surface area contributed by atoms with Gasteiger partial charge in [-0.25, -0.2) is 8.42 Å². The second kappa shape index (κ2) is 8.70. The number of sulfonamides is 1. The standard InChI is InChI=1S/C19H20N4O5S/c1-13-4-9-17(12-18(13)23(25)26)29(27,28)21-16-7-5-15(6-8-16)19(24)22(3)14(2)10-11-20/h4-9,12,14,21H,10H2,1-3H3. The van der Waals surface area contributed by atoms with Crippen LogP contribution in [0.1, 0.15) is 29.3 Å². The number of nitro groups is 1. The highest BCUT2D eigenvalue weighted by Crippen LogP contribution is 2.24. The quantitative estimate of drug-likeness (QED) is 0.544. The molecule has 1 N–H and O–H groups in total. The Morgan fingerprint density at radius 1 is 1.28 bits per heavy atom. The average molecular weight is 416 g/mol. The lowest BCUT2D eigenvalue weighted by atomic mass is 10.1. The van der Waals surface area contributed by atoms with Gasteiger partial charge in [0.15, 0.2) is 0 Å². The van der Waals surface area contributed by atoms with Crippen molar-refractivity contribution in [2.75, 3.05) is 11.8 Å². The fraction of sp³-hybridized carbons (Fsp3) is 0.263. The van der Waals surface area contributed by atoms with Gasteiger partial charge in [-0.15, -0.1) is 0 Å². The third-order valence-corrected chi connectivity index (χ3v) is 5.82. The molecule has 10 heteroatoms. The molecule has 0 heterocycles. The van der Waals surface area contributed by atoms with E-state index in [1.165, 1.54) is 48.2 Å². The number of nitriles is 1. The van der Waals surface area contributed by atoms with E-state index in [1.807, 2.05) is 6.07 Å². The molecule has 0 fully saturated rings. The van der Waals surface area contributed by atoms with Crippen LogP contribution in [0.25, 0.3) is 0 Å². The summed E-state index contributed by atoms with van der Waals surface area (Å²) < 4.78 is 27.4. The van der Waals surface area contributed by atoms with Crippen LogP contribution in [0.4, 0.5) is 11.4 Å². The lowest BCUT2D eigenvalue weighted by Crippen LogP contribution is -2.34. The zero-order valence-electron chi connectivity index (χ0n) is 16.1. The molecule has 0 aliphatic rings. The Balaban J connectivity index is 2.21. The van der Waals surface area contributed by atoms with E-state index in [2.05, 4.69) is 4.72 Å². The Kier molecular flexibility index (Phi) is 6.56. The van der Waals surface area contributed by atoms with Crippen LogP contribution in [-0.2, 0) is 10.0 Å². The molecular formula is C19H20N4O5S. The minimum Gasteiger partial charge on any atom is -0.338 e. The van der Waals surface area contributed by atoms with Gasteiger partial charge in [0.05, 0.1) is 22.3 Å². The molecule has 1 amide bonds. The van der Waals surface area contributed by atoms with Gasteiger partial charge in [0.2, 0.25) is 0 Å². The fourth-order valence-electron chi connectivity index (χ4n) is 2.52. The summed E-state index contributed by atoms with van der Waals surface area (Å²) >= 11 is 0. The summed E-state index contributed by atoms with van der Waals surface area (Å²) in [4.78, 5) is 24.0. The summed E-state index contributed by atoms with van der Waals surface area (Å²) in [5, 5.41) is 19.8. The van der Waals surface area contributed by atoms with Crippen molar-refractivity contribution in [3.8, 4) is 6.07 Å². The van der Waals surface area contributed by atoms with Crippen LogP contribution in [0.15, 0.2) is 47.4 Å². The van der Waals surface area contributed by atoms with Crippen molar-refractivity contribution in [1.29, 1.82) is 5.26 Å². The predicted octanol–water partition coefficient (Wildman–Crippen LogP) is 3.08. The number of benzene rings is 2. The maximum absolute atomic E-state index is 12.5. The zero-order chi connectivity index (χ0) is 21.8.